The summed E-state index contributed by atoms with van der Waals surface area (Å²) in [6.07, 6.45) is 0.709. The average Bonchev–Trinajstić information content (AvgIpc) is 2.30. The van der Waals surface area contributed by atoms with Crippen molar-refractivity contribution in [3.05, 3.63) is 35.6 Å². The molecule has 0 spiro atoms. The highest BCUT2D eigenvalue weighted by atomic mass is 19.1. The topological polar surface area (TPSA) is 49.3 Å². The Morgan fingerprint density at radius 2 is 2.06 bits per heavy atom. The van der Waals surface area contributed by atoms with Gasteiger partial charge >= 0.3 is 0 Å². The maximum Gasteiger partial charge on any atom is 0.224 e. The Labute approximate surface area is 107 Å². The predicted octanol–water partition coefficient (Wildman–Crippen LogP) is 1.89. The molecular weight excluding hydrogens is 233 g/mol. The molecule has 1 amide bonds. The molecule has 0 aromatic heterocycles. The second-order valence-corrected chi connectivity index (χ2v) is 4.84. The molecule has 0 bridgehead atoms. The van der Waals surface area contributed by atoms with E-state index < -0.39 is 0 Å². The van der Waals surface area contributed by atoms with Crippen molar-refractivity contribution in [2.45, 2.75) is 32.7 Å². The Hall–Kier alpha value is -1.42. The molecule has 0 aliphatic heterocycles. The highest BCUT2D eigenvalue weighted by Crippen LogP contribution is 2.08. The molecule has 2 N–H and O–H groups in total. The zero-order valence-electron chi connectivity index (χ0n) is 10.8. The van der Waals surface area contributed by atoms with Crippen LogP contribution in [0.2, 0.25) is 0 Å². The number of aliphatic hydroxyl groups is 1. The number of aliphatic hydroxyl groups excluding tert-OH is 1. The molecule has 3 nitrogen and oxygen atoms in total. The molecule has 0 aliphatic rings. The van der Waals surface area contributed by atoms with Gasteiger partial charge in [-0.2, -0.15) is 0 Å². The number of halogens is 1. The van der Waals surface area contributed by atoms with E-state index in [0.29, 0.717) is 17.9 Å². The SMILES string of the molecule is CC(C)CC(CO)NC(=O)Cc1ccccc1F. The maximum absolute atomic E-state index is 13.4. The van der Waals surface area contributed by atoms with E-state index >= 15 is 0 Å². The zero-order chi connectivity index (χ0) is 13.5. The van der Waals surface area contributed by atoms with E-state index in [1.165, 1.54) is 6.07 Å². The molecule has 1 atom stereocenters. The van der Waals surface area contributed by atoms with Crippen molar-refractivity contribution in [1.29, 1.82) is 0 Å². The first-order chi connectivity index (χ1) is 8.52. The molecule has 4 heteroatoms. The number of hydrogen-bond donors (Lipinski definition) is 2. The maximum atomic E-state index is 13.4. The van der Waals surface area contributed by atoms with Crippen LogP contribution < -0.4 is 5.32 Å². The molecule has 1 unspecified atom stereocenters. The molecule has 1 rings (SSSR count). The first-order valence-electron chi connectivity index (χ1n) is 6.16. The highest BCUT2D eigenvalue weighted by molar-refractivity contribution is 5.78. The van der Waals surface area contributed by atoms with Crippen molar-refractivity contribution in [2.24, 2.45) is 5.92 Å². The molecule has 0 saturated carbocycles. The number of carbonyl (C=O) groups is 1. The van der Waals surface area contributed by atoms with E-state index in [1.807, 2.05) is 13.8 Å². The molecular formula is C14H20FNO2. The van der Waals surface area contributed by atoms with Crippen LogP contribution in [0.3, 0.4) is 0 Å². The van der Waals surface area contributed by atoms with Gasteiger partial charge in [-0.3, -0.25) is 4.79 Å². The standard InChI is InChI=1S/C14H20FNO2/c1-10(2)7-12(9-17)16-14(18)8-11-5-3-4-6-13(11)15/h3-6,10,12,17H,7-9H2,1-2H3,(H,16,18). The largest absolute Gasteiger partial charge is 0.394 e. The summed E-state index contributed by atoms with van der Waals surface area (Å²) in [6.45, 7) is 3.94. The summed E-state index contributed by atoms with van der Waals surface area (Å²) in [6, 6.07) is 5.95. The van der Waals surface area contributed by atoms with Crippen LogP contribution in [0.5, 0.6) is 0 Å². The van der Waals surface area contributed by atoms with Crippen molar-refractivity contribution in [3.63, 3.8) is 0 Å². The van der Waals surface area contributed by atoms with Gasteiger partial charge in [-0.1, -0.05) is 32.0 Å². The lowest BCUT2D eigenvalue weighted by Gasteiger charge is -2.18. The first-order valence-corrected chi connectivity index (χ1v) is 6.16. The molecule has 0 saturated heterocycles. The third-order valence-electron chi connectivity index (χ3n) is 2.65. The fraction of sp³-hybridized carbons (Fsp3) is 0.500. The average molecular weight is 253 g/mol. The minimum Gasteiger partial charge on any atom is -0.394 e. The van der Waals surface area contributed by atoms with Gasteiger partial charge in [0.15, 0.2) is 0 Å². The molecule has 18 heavy (non-hydrogen) atoms. The molecule has 0 heterocycles. The summed E-state index contributed by atoms with van der Waals surface area (Å²) in [7, 11) is 0. The summed E-state index contributed by atoms with van der Waals surface area (Å²) in [5.74, 6) is -0.257. The summed E-state index contributed by atoms with van der Waals surface area (Å²) < 4.78 is 13.4. The lowest BCUT2D eigenvalue weighted by molar-refractivity contribution is -0.121. The summed E-state index contributed by atoms with van der Waals surface area (Å²) in [4.78, 5) is 11.7. The molecule has 0 aliphatic carbocycles. The Morgan fingerprint density at radius 3 is 2.61 bits per heavy atom. The number of amides is 1. The molecule has 1 aromatic rings. The number of benzene rings is 1. The third kappa shape index (κ3) is 4.84. The monoisotopic (exact) mass is 253 g/mol. The van der Waals surface area contributed by atoms with E-state index in [2.05, 4.69) is 5.32 Å². The van der Waals surface area contributed by atoms with E-state index in [-0.39, 0.29) is 30.8 Å². The number of rotatable bonds is 6. The van der Waals surface area contributed by atoms with Crippen molar-refractivity contribution in [3.8, 4) is 0 Å². The lowest BCUT2D eigenvalue weighted by Crippen LogP contribution is -2.39. The van der Waals surface area contributed by atoms with Gasteiger partial charge in [-0.15, -0.1) is 0 Å². The second kappa shape index (κ2) is 7.11. The minimum atomic E-state index is -0.378. The van der Waals surface area contributed by atoms with Crippen LogP contribution in [0.1, 0.15) is 25.8 Å². The lowest BCUT2D eigenvalue weighted by atomic mass is 10.0. The van der Waals surface area contributed by atoms with Crippen molar-refractivity contribution in [2.75, 3.05) is 6.61 Å². The van der Waals surface area contributed by atoms with Crippen molar-refractivity contribution < 1.29 is 14.3 Å². The van der Waals surface area contributed by atoms with Gasteiger partial charge in [-0.25, -0.2) is 4.39 Å². The Bertz CT molecular complexity index is 393. The van der Waals surface area contributed by atoms with Crippen LogP contribution in [0.25, 0.3) is 0 Å². The third-order valence-corrected chi connectivity index (χ3v) is 2.65. The highest BCUT2D eigenvalue weighted by Gasteiger charge is 2.14. The van der Waals surface area contributed by atoms with Gasteiger partial charge in [-0.05, 0) is 24.0 Å². The van der Waals surface area contributed by atoms with Crippen LogP contribution in [0.15, 0.2) is 24.3 Å². The molecule has 0 radical (unpaired) electrons. The normalized spacial score (nSPS) is 12.5. The first kappa shape index (κ1) is 14.6. The summed E-state index contributed by atoms with van der Waals surface area (Å²) in [5.41, 5.74) is 0.372. The second-order valence-electron chi connectivity index (χ2n) is 4.84. The number of nitrogens with one attached hydrogen (secondary N) is 1. The smallest absolute Gasteiger partial charge is 0.224 e. The Kier molecular flexibility index (Phi) is 5.78. The van der Waals surface area contributed by atoms with Crippen LogP contribution in [0.4, 0.5) is 4.39 Å². The van der Waals surface area contributed by atoms with Gasteiger partial charge < -0.3 is 10.4 Å². The zero-order valence-corrected chi connectivity index (χ0v) is 10.8. The van der Waals surface area contributed by atoms with Crippen molar-refractivity contribution >= 4 is 5.91 Å². The van der Waals surface area contributed by atoms with Gasteiger partial charge in [0.05, 0.1) is 19.1 Å². The van der Waals surface area contributed by atoms with Crippen LogP contribution in [-0.4, -0.2) is 23.7 Å². The van der Waals surface area contributed by atoms with Gasteiger partial charge in [0.2, 0.25) is 5.91 Å². The van der Waals surface area contributed by atoms with E-state index in [0.717, 1.165) is 0 Å². The minimum absolute atomic E-state index is 0.00126. The molecule has 100 valence electrons. The summed E-state index contributed by atoms with van der Waals surface area (Å²) >= 11 is 0. The van der Waals surface area contributed by atoms with E-state index in [1.54, 1.807) is 18.2 Å². The quantitative estimate of drug-likeness (QED) is 0.813. The Balaban J connectivity index is 2.53. The van der Waals surface area contributed by atoms with Gasteiger partial charge in [0.1, 0.15) is 5.82 Å². The van der Waals surface area contributed by atoms with Gasteiger partial charge in [0.25, 0.3) is 0 Å². The van der Waals surface area contributed by atoms with E-state index in [9.17, 15) is 9.18 Å². The predicted molar refractivity (Wildman–Crippen MR) is 68.6 cm³/mol. The van der Waals surface area contributed by atoms with E-state index in [4.69, 9.17) is 5.11 Å². The van der Waals surface area contributed by atoms with Gasteiger partial charge in [0, 0.05) is 0 Å². The van der Waals surface area contributed by atoms with Crippen LogP contribution in [0, 0.1) is 11.7 Å². The van der Waals surface area contributed by atoms with Crippen LogP contribution in [-0.2, 0) is 11.2 Å². The fourth-order valence-corrected chi connectivity index (χ4v) is 1.84. The van der Waals surface area contributed by atoms with Crippen molar-refractivity contribution in [1.82, 2.24) is 5.32 Å². The molecule has 1 aromatic carbocycles. The Morgan fingerprint density at radius 1 is 1.39 bits per heavy atom. The summed E-state index contributed by atoms with van der Waals surface area (Å²) in [5, 5.41) is 11.9. The fourth-order valence-electron chi connectivity index (χ4n) is 1.84. The van der Waals surface area contributed by atoms with Crippen LogP contribution >= 0.6 is 0 Å². The molecule has 0 fully saturated rings. The number of carbonyl (C=O) groups excluding carboxylic acids is 1. The number of hydrogen-bond acceptors (Lipinski definition) is 2.